The van der Waals surface area contributed by atoms with Gasteiger partial charge >= 0.3 is 18.4 Å². The third kappa shape index (κ3) is 6.84. The van der Waals surface area contributed by atoms with Crippen LogP contribution in [0.5, 0.6) is 5.75 Å². The minimum Gasteiger partial charge on any atom is -0.444 e. The first-order valence-electron chi connectivity index (χ1n) is 11.9. The predicted octanol–water partition coefficient (Wildman–Crippen LogP) is 4.55. The minimum absolute atomic E-state index is 0.0941. The number of hydrogen-bond acceptors (Lipinski definition) is 7. The Bertz CT molecular complexity index is 1300. The molecule has 13 heteroatoms. The first kappa shape index (κ1) is 27.0. The zero-order valence-corrected chi connectivity index (χ0v) is 21.3. The van der Waals surface area contributed by atoms with E-state index in [1.807, 2.05) is 13.0 Å². The summed E-state index contributed by atoms with van der Waals surface area (Å²) in [6, 6.07) is 6.30. The largest absolute Gasteiger partial charge is 0.573 e. The predicted molar refractivity (Wildman–Crippen MR) is 128 cm³/mol. The highest BCUT2D eigenvalue weighted by molar-refractivity contribution is 5.90. The standard InChI is InChI=1S/C25H28F3N5O5/c1-15-8-9-30-33(15)14-18-11-17(13-32(18)23(35)38-24(2,3)4)31-21(34)22-29-12-20(36-22)16-6-5-7-19(10-16)37-25(26,27)28/h5-10,12,17-18H,11,13-14H2,1-4H3,(H,31,34)/t17?,18-/m1/s1. The molecule has 0 saturated carbocycles. The van der Waals surface area contributed by atoms with Gasteiger partial charge in [0.1, 0.15) is 11.4 Å². The lowest BCUT2D eigenvalue weighted by Gasteiger charge is -2.28. The van der Waals surface area contributed by atoms with E-state index < -0.39 is 35.8 Å². The Kier molecular flexibility index (Phi) is 7.38. The molecule has 2 amide bonds. The molecule has 3 heterocycles. The fourth-order valence-electron chi connectivity index (χ4n) is 4.13. The number of alkyl halides is 3. The molecule has 4 rings (SSSR count). The lowest BCUT2D eigenvalue weighted by atomic mass is 10.1. The van der Waals surface area contributed by atoms with Crippen LogP contribution in [-0.2, 0) is 11.3 Å². The molecule has 1 aromatic carbocycles. The van der Waals surface area contributed by atoms with E-state index in [0.717, 1.165) is 17.8 Å². The van der Waals surface area contributed by atoms with Crippen LogP contribution in [0.15, 0.2) is 47.1 Å². The molecule has 0 aliphatic carbocycles. The number of nitrogens with zero attached hydrogens (tertiary/aromatic N) is 4. The van der Waals surface area contributed by atoms with E-state index >= 15 is 0 Å². The molecule has 204 valence electrons. The Hall–Kier alpha value is -4.03. The molecule has 3 aromatic rings. The maximum absolute atomic E-state index is 12.9. The monoisotopic (exact) mass is 535 g/mol. The van der Waals surface area contributed by atoms with Gasteiger partial charge in [0.25, 0.3) is 5.89 Å². The zero-order chi connectivity index (χ0) is 27.7. The molecule has 0 radical (unpaired) electrons. The maximum atomic E-state index is 12.9. The van der Waals surface area contributed by atoms with Crippen LogP contribution in [0.25, 0.3) is 11.3 Å². The second kappa shape index (κ2) is 10.4. The number of ether oxygens (including phenoxy) is 2. The molecule has 1 aliphatic heterocycles. The number of carbonyl (C=O) groups excluding carboxylic acids is 2. The number of aryl methyl sites for hydroxylation is 1. The number of hydrogen-bond donors (Lipinski definition) is 1. The number of nitrogens with one attached hydrogen (secondary N) is 1. The van der Waals surface area contributed by atoms with Crippen LogP contribution >= 0.6 is 0 Å². The van der Waals surface area contributed by atoms with Gasteiger partial charge in [-0.1, -0.05) is 12.1 Å². The molecule has 0 spiro atoms. The van der Waals surface area contributed by atoms with Crippen LogP contribution in [-0.4, -0.2) is 62.3 Å². The zero-order valence-electron chi connectivity index (χ0n) is 21.3. The van der Waals surface area contributed by atoms with Gasteiger partial charge in [0, 0.05) is 30.0 Å². The van der Waals surface area contributed by atoms with Crippen LogP contribution in [0, 0.1) is 6.92 Å². The Morgan fingerprint density at radius 3 is 2.63 bits per heavy atom. The van der Waals surface area contributed by atoms with Crippen molar-refractivity contribution in [3.63, 3.8) is 0 Å². The average molecular weight is 536 g/mol. The summed E-state index contributed by atoms with van der Waals surface area (Å²) in [4.78, 5) is 31.3. The topological polar surface area (TPSA) is 112 Å². The first-order chi connectivity index (χ1) is 17.8. The second-order valence-electron chi connectivity index (χ2n) is 9.95. The van der Waals surface area contributed by atoms with Crippen molar-refractivity contribution in [2.45, 2.75) is 64.7 Å². The highest BCUT2D eigenvalue weighted by Gasteiger charge is 2.39. The molecule has 1 saturated heterocycles. The lowest BCUT2D eigenvalue weighted by Crippen LogP contribution is -2.43. The van der Waals surface area contributed by atoms with Gasteiger partial charge in [0.2, 0.25) is 0 Å². The van der Waals surface area contributed by atoms with Crippen LogP contribution in [0.1, 0.15) is 43.6 Å². The van der Waals surface area contributed by atoms with Crippen molar-refractivity contribution in [1.82, 2.24) is 25.0 Å². The van der Waals surface area contributed by atoms with Crippen LogP contribution < -0.4 is 10.1 Å². The highest BCUT2D eigenvalue weighted by atomic mass is 19.4. The fraction of sp³-hybridized carbons (Fsp3) is 0.440. The highest BCUT2D eigenvalue weighted by Crippen LogP contribution is 2.29. The maximum Gasteiger partial charge on any atom is 0.573 e. The molecule has 1 unspecified atom stereocenters. The number of benzene rings is 1. The second-order valence-corrected chi connectivity index (χ2v) is 9.95. The molecule has 2 aromatic heterocycles. The van der Waals surface area contributed by atoms with Crippen molar-refractivity contribution in [2.75, 3.05) is 6.54 Å². The van der Waals surface area contributed by atoms with E-state index in [4.69, 9.17) is 9.15 Å². The quantitative estimate of drug-likeness (QED) is 0.493. The van der Waals surface area contributed by atoms with E-state index in [1.54, 1.807) is 36.5 Å². The summed E-state index contributed by atoms with van der Waals surface area (Å²) in [7, 11) is 0. The number of rotatable bonds is 6. The van der Waals surface area contributed by atoms with Crippen molar-refractivity contribution >= 4 is 12.0 Å². The molecular formula is C25H28F3N5O5. The average Bonchev–Trinajstić information content (AvgIpc) is 3.53. The Morgan fingerprint density at radius 1 is 1.21 bits per heavy atom. The summed E-state index contributed by atoms with van der Waals surface area (Å²) in [6.07, 6.45) is -1.98. The molecular weight excluding hydrogens is 507 g/mol. The first-order valence-corrected chi connectivity index (χ1v) is 11.9. The molecule has 38 heavy (non-hydrogen) atoms. The number of aromatic nitrogens is 3. The van der Waals surface area contributed by atoms with Gasteiger partial charge in [-0.3, -0.25) is 9.48 Å². The van der Waals surface area contributed by atoms with Crippen LogP contribution in [0.3, 0.4) is 0 Å². The third-order valence-electron chi connectivity index (χ3n) is 5.74. The van der Waals surface area contributed by atoms with E-state index in [-0.39, 0.29) is 29.8 Å². The number of likely N-dealkylation sites (tertiary alicyclic amines) is 1. The lowest BCUT2D eigenvalue weighted by molar-refractivity contribution is -0.274. The Balaban J connectivity index is 1.45. The van der Waals surface area contributed by atoms with E-state index in [0.29, 0.717) is 13.0 Å². The molecule has 1 aliphatic rings. The van der Waals surface area contributed by atoms with E-state index in [2.05, 4.69) is 20.1 Å². The number of carbonyl (C=O) groups is 2. The van der Waals surface area contributed by atoms with Crippen molar-refractivity contribution in [3.8, 4) is 17.1 Å². The smallest absolute Gasteiger partial charge is 0.444 e. The number of oxazole rings is 1. The Labute approximate surface area is 216 Å². The van der Waals surface area contributed by atoms with Gasteiger partial charge in [-0.15, -0.1) is 13.2 Å². The summed E-state index contributed by atoms with van der Waals surface area (Å²) < 4.78 is 54.4. The van der Waals surface area contributed by atoms with Crippen LogP contribution in [0.2, 0.25) is 0 Å². The Morgan fingerprint density at radius 2 is 1.97 bits per heavy atom. The summed E-state index contributed by atoms with van der Waals surface area (Å²) in [6.45, 7) is 7.86. The summed E-state index contributed by atoms with van der Waals surface area (Å²) >= 11 is 0. The van der Waals surface area contributed by atoms with Crippen molar-refractivity contribution in [2.24, 2.45) is 0 Å². The van der Waals surface area contributed by atoms with Crippen molar-refractivity contribution in [3.05, 3.63) is 54.3 Å². The molecule has 1 N–H and O–H groups in total. The fourth-order valence-corrected chi connectivity index (χ4v) is 4.13. The van der Waals surface area contributed by atoms with Crippen molar-refractivity contribution in [1.29, 1.82) is 0 Å². The summed E-state index contributed by atoms with van der Waals surface area (Å²) in [5, 5.41) is 7.12. The van der Waals surface area contributed by atoms with Crippen LogP contribution in [0.4, 0.5) is 18.0 Å². The normalized spacial score (nSPS) is 17.9. The molecule has 1 fully saturated rings. The minimum atomic E-state index is -4.84. The van der Waals surface area contributed by atoms with E-state index in [9.17, 15) is 22.8 Å². The third-order valence-corrected chi connectivity index (χ3v) is 5.74. The SMILES string of the molecule is Cc1ccnn1C[C@H]1CC(NC(=O)c2ncc(-c3cccc(OC(F)(F)F)c3)o2)CN1C(=O)OC(C)(C)C. The van der Waals surface area contributed by atoms with E-state index in [1.165, 1.54) is 18.3 Å². The van der Waals surface area contributed by atoms with Crippen molar-refractivity contribution < 1.29 is 36.7 Å². The molecule has 2 atom stereocenters. The van der Waals surface area contributed by atoms with Gasteiger partial charge in [-0.05, 0) is 52.3 Å². The summed E-state index contributed by atoms with van der Waals surface area (Å²) in [5.41, 5.74) is 0.491. The van der Waals surface area contributed by atoms with Gasteiger partial charge < -0.3 is 24.1 Å². The van der Waals surface area contributed by atoms with Gasteiger partial charge in [0.15, 0.2) is 5.76 Å². The molecule has 0 bridgehead atoms. The van der Waals surface area contributed by atoms with Gasteiger partial charge in [0.05, 0.1) is 18.8 Å². The van der Waals surface area contributed by atoms with Gasteiger partial charge in [-0.25, -0.2) is 9.78 Å². The summed E-state index contributed by atoms with van der Waals surface area (Å²) in [5.74, 6) is -1.22. The number of halogens is 3. The number of amides is 2. The van der Waals surface area contributed by atoms with Gasteiger partial charge in [-0.2, -0.15) is 5.10 Å². The molecule has 10 nitrogen and oxygen atoms in total.